The van der Waals surface area contributed by atoms with Gasteiger partial charge in [-0.3, -0.25) is 5.41 Å². The van der Waals surface area contributed by atoms with E-state index in [0.717, 1.165) is 21.8 Å². The molecule has 1 heterocycles. The second kappa shape index (κ2) is 6.13. The van der Waals surface area contributed by atoms with Crippen LogP contribution in [0.1, 0.15) is 22.5 Å². The van der Waals surface area contributed by atoms with Crippen molar-refractivity contribution in [2.24, 2.45) is 5.73 Å². The maximum atomic E-state index is 7.67. The van der Waals surface area contributed by atoms with Gasteiger partial charge < -0.3 is 10.5 Å². The van der Waals surface area contributed by atoms with E-state index < -0.39 is 0 Å². The molecule has 0 bridgehead atoms. The summed E-state index contributed by atoms with van der Waals surface area (Å²) >= 11 is 1.39. The zero-order chi connectivity index (χ0) is 15.6. The van der Waals surface area contributed by atoms with Crippen molar-refractivity contribution in [3.8, 4) is 5.75 Å². The number of hydrogen-bond acceptors (Lipinski definition) is 5. The summed E-state index contributed by atoms with van der Waals surface area (Å²) in [6.45, 7) is 5.93. The second-order valence-corrected chi connectivity index (χ2v) is 5.69. The molecule has 0 radical (unpaired) electrons. The Balaban J connectivity index is 2.45. The van der Waals surface area contributed by atoms with Crippen LogP contribution in [0.5, 0.6) is 5.75 Å². The summed E-state index contributed by atoms with van der Waals surface area (Å²) in [6, 6.07) is 5.40. The zero-order valence-corrected chi connectivity index (χ0v) is 13.3. The molecule has 0 aliphatic rings. The molecular weight excluding hydrogens is 284 g/mol. The lowest BCUT2D eigenvalue weighted by Crippen LogP contribution is -2.12. The first-order valence-corrected chi connectivity index (χ1v) is 7.26. The van der Waals surface area contributed by atoms with E-state index >= 15 is 0 Å². The highest BCUT2D eigenvalue weighted by molar-refractivity contribution is 7.99. The van der Waals surface area contributed by atoms with Gasteiger partial charge in [0, 0.05) is 21.8 Å². The molecule has 0 atom stereocenters. The average molecular weight is 302 g/mol. The Morgan fingerprint density at radius 3 is 2.33 bits per heavy atom. The van der Waals surface area contributed by atoms with Gasteiger partial charge in [0.2, 0.25) is 0 Å². The number of aromatic nitrogens is 2. The molecule has 6 heteroatoms. The van der Waals surface area contributed by atoms with E-state index in [9.17, 15) is 0 Å². The van der Waals surface area contributed by atoms with Crippen LogP contribution in [-0.2, 0) is 0 Å². The van der Waals surface area contributed by atoms with Crippen LogP contribution in [0.15, 0.2) is 28.3 Å². The van der Waals surface area contributed by atoms with Gasteiger partial charge in [-0.05, 0) is 56.3 Å². The Bertz CT molecular complexity index is 677. The summed E-state index contributed by atoms with van der Waals surface area (Å²) in [5.74, 6) is 0.726. The van der Waals surface area contributed by atoms with E-state index in [2.05, 4.69) is 9.97 Å². The fourth-order valence-electron chi connectivity index (χ4n) is 1.82. The molecule has 0 unspecified atom stereocenters. The van der Waals surface area contributed by atoms with E-state index in [0.29, 0.717) is 16.5 Å². The standard InChI is InChI=1S/C15H18N4OS/c1-8-9(2)18-15(19-10(8)3)21-13-7-11(20-4)5-6-12(13)14(16)17/h5-7H,1-4H3,(H3,16,17). The molecule has 0 aliphatic carbocycles. The van der Waals surface area contributed by atoms with Gasteiger partial charge in [0.05, 0.1) is 7.11 Å². The van der Waals surface area contributed by atoms with Crippen LogP contribution in [0.25, 0.3) is 0 Å². The predicted molar refractivity (Wildman–Crippen MR) is 84.4 cm³/mol. The molecular formula is C15H18N4OS. The van der Waals surface area contributed by atoms with Gasteiger partial charge in [0.25, 0.3) is 0 Å². The van der Waals surface area contributed by atoms with Gasteiger partial charge in [0.1, 0.15) is 11.6 Å². The van der Waals surface area contributed by atoms with Crippen molar-refractivity contribution in [1.82, 2.24) is 9.97 Å². The zero-order valence-electron chi connectivity index (χ0n) is 12.5. The molecule has 1 aromatic heterocycles. The van der Waals surface area contributed by atoms with Crippen molar-refractivity contribution >= 4 is 17.6 Å². The second-order valence-electron chi connectivity index (χ2n) is 4.68. The SMILES string of the molecule is COc1ccc(C(=N)N)c(Sc2nc(C)c(C)c(C)n2)c1. The number of nitrogens with two attached hydrogens (primary N) is 1. The molecule has 0 amide bonds. The number of methoxy groups -OCH3 is 1. The summed E-state index contributed by atoms with van der Waals surface area (Å²) in [5, 5.41) is 8.32. The van der Waals surface area contributed by atoms with E-state index in [-0.39, 0.29) is 5.84 Å². The average Bonchev–Trinajstić information content (AvgIpc) is 2.44. The van der Waals surface area contributed by atoms with Gasteiger partial charge in [0.15, 0.2) is 5.16 Å². The highest BCUT2D eigenvalue weighted by Crippen LogP contribution is 2.31. The number of hydrogen-bond donors (Lipinski definition) is 2. The minimum Gasteiger partial charge on any atom is -0.497 e. The molecule has 5 nitrogen and oxygen atoms in total. The van der Waals surface area contributed by atoms with Gasteiger partial charge in [-0.2, -0.15) is 0 Å². The van der Waals surface area contributed by atoms with Crippen LogP contribution in [0.2, 0.25) is 0 Å². The van der Waals surface area contributed by atoms with E-state index in [1.807, 2.05) is 26.8 Å². The predicted octanol–water partition coefficient (Wildman–Crippen LogP) is 2.85. The Morgan fingerprint density at radius 2 is 1.81 bits per heavy atom. The third-order valence-electron chi connectivity index (χ3n) is 3.29. The third-order valence-corrected chi connectivity index (χ3v) is 4.22. The summed E-state index contributed by atoms with van der Waals surface area (Å²) < 4.78 is 5.23. The lowest BCUT2D eigenvalue weighted by Gasteiger charge is -2.11. The van der Waals surface area contributed by atoms with Crippen LogP contribution in [0.3, 0.4) is 0 Å². The quantitative estimate of drug-likeness (QED) is 0.515. The lowest BCUT2D eigenvalue weighted by atomic mass is 10.2. The maximum absolute atomic E-state index is 7.67. The Morgan fingerprint density at radius 1 is 1.19 bits per heavy atom. The maximum Gasteiger partial charge on any atom is 0.192 e. The largest absolute Gasteiger partial charge is 0.497 e. The summed E-state index contributed by atoms with van der Waals surface area (Å²) in [7, 11) is 1.61. The van der Waals surface area contributed by atoms with Crippen LogP contribution in [0, 0.1) is 26.2 Å². The molecule has 0 saturated carbocycles. The fraction of sp³-hybridized carbons (Fsp3) is 0.267. The minimum absolute atomic E-state index is 0.0145. The van der Waals surface area contributed by atoms with E-state index in [4.69, 9.17) is 15.9 Å². The number of nitrogens with zero attached hydrogens (tertiary/aromatic N) is 2. The Labute approximate surface area is 128 Å². The minimum atomic E-state index is 0.0145. The Hall–Kier alpha value is -2.08. The van der Waals surface area contributed by atoms with Gasteiger partial charge >= 0.3 is 0 Å². The number of ether oxygens (including phenoxy) is 1. The number of nitrogen functional groups attached to an aromatic ring is 1. The van der Waals surface area contributed by atoms with Crippen molar-refractivity contribution in [3.63, 3.8) is 0 Å². The molecule has 1 aromatic carbocycles. The van der Waals surface area contributed by atoms with Crippen LogP contribution >= 0.6 is 11.8 Å². The molecule has 3 N–H and O–H groups in total. The number of amidine groups is 1. The highest BCUT2D eigenvalue weighted by Gasteiger charge is 2.12. The van der Waals surface area contributed by atoms with E-state index in [1.165, 1.54) is 11.8 Å². The lowest BCUT2D eigenvalue weighted by molar-refractivity contribution is 0.413. The van der Waals surface area contributed by atoms with Crippen LogP contribution in [0.4, 0.5) is 0 Å². The molecule has 0 saturated heterocycles. The normalized spacial score (nSPS) is 10.5. The molecule has 2 aromatic rings. The fourth-order valence-corrected chi connectivity index (χ4v) is 2.85. The molecule has 21 heavy (non-hydrogen) atoms. The molecule has 110 valence electrons. The first-order valence-electron chi connectivity index (χ1n) is 6.44. The first-order chi connectivity index (χ1) is 9.92. The number of benzene rings is 1. The molecule has 0 fully saturated rings. The topological polar surface area (TPSA) is 84.9 Å². The van der Waals surface area contributed by atoms with Gasteiger partial charge in [-0.1, -0.05) is 0 Å². The monoisotopic (exact) mass is 302 g/mol. The molecule has 0 aliphatic heterocycles. The van der Waals surface area contributed by atoms with Crippen molar-refractivity contribution in [1.29, 1.82) is 5.41 Å². The number of nitrogens with one attached hydrogen (secondary N) is 1. The Kier molecular flexibility index (Phi) is 4.47. The van der Waals surface area contributed by atoms with Crippen LogP contribution in [-0.4, -0.2) is 22.9 Å². The summed E-state index contributed by atoms with van der Waals surface area (Å²) in [4.78, 5) is 9.78. The van der Waals surface area contributed by atoms with Crippen molar-refractivity contribution in [3.05, 3.63) is 40.7 Å². The highest BCUT2D eigenvalue weighted by atomic mass is 32.2. The van der Waals surface area contributed by atoms with E-state index in [1.54, 1.807) is 19.2 Å². The smallest absolute Gasteiger partial charge is 0.192 e. The van der Waals surface area contributed by atoms with Crippen molar-refractivity contribution in [2.75, 3.05) is 7.11 Å². The van der Waals surface area contributed by atoms with Crippen LogP contribution < -0.4 is 10.5 Å². The third kappa shape index (κ3) is 3.33. The first kappa shape index (κ1) is 15.3. The van der Waals surface area contributed by atoms with Gasteiger partial charge in [-0.15, -0.1) is 0 Å². The number of rotatable bonds is 4. The summed E-state index contributed by atoms with van der Waals surface area (Å²) in [6.07, 6.45) is 0. The van der Waals surface area contributed by atoms with Crippen molar-refractivity contribution in [2.45, 2.75) is 30.8 Å². The van der Waals surface area contributed by atoms with Crippen molar-refractivity contribution < 1.29 is 4.74 Å². The number of aryl methyl sites for hydroxylation is 2. The summed E-state index contributed by atoms with van der Waals surface area (Å²) in [5.41, 5.74) is 9.29. The molecule has 0 spiro atoms. The molecule has 2 rings (SSSR count). The van der Waals surface area contributed by atoms with Gasteiger partial charge in [-0.25, -0.2) is 9.97 Å².